The lowest BCUT2D eigenvalue weighted by molar-refractivity contribution is 0.261. The van der Waals surface area contributed by atoms with Crippen LogP contribution in [0.5, 0.6) is 0 Å². The Morgan fingerprint density at radius 2 is 1.69 bits per heavy atom. The maximum atomic E-state index is 2.56. The highest BCUT2D eigenvalue weighted by Crippen LogP contribution is 2.45. The molecule has 3 unspecified atom stereocenters. The zero-order chi connectivity index (χ0) is 9.42. The van der Waals surface area contributed by atoms with Crippen molar-refractivity contribution in [2.24, 2.45) is 23.7 Å². The molecular formula is C13H22. The van der Waals surface area contributed by atoms with Gasteiger partial charge in [0.2, 0.25) is 0 Å². The summed E-state index contributed by atoms with van der Waals surface area (Å²) in [6.45, 7) is 7.20. The molecule has 2 aliphatic rings. The van der Waals surface area contributed by atoms with E-state index < -0.39 is 0 Å². The Balaban J connectivity index is 2.07. The molecule has 1 saturated carbocycles. The van der Waals surface area contributed by atoms with E-state index in [1.165, 1.54) is 25.7 Å². The van der Waals surface area contributed by atoms with Crippen LogP contribution in [0.3, 0.4) is 0 Å². The second kappa shape index (κ2) is 3.48. The lowest BCUT2D eigenvalue weighted by atomic mass is 9.80. The molecule has 1 fully saturated rings. The quantitative estimate of drug-likeness (QED) is 0.532. The van der Waals surface area contributed by atoms with Crippen molar-refractivity contribution in [1.29, 1.82) is 0 Å². The molecule has 0 radical (unpaired) electrons. The molecule has 0 nitrogen and oxygen atoms in total. The van der Waals surface area contributed by atoms with Crippen LogP contribution in [0.1, 0.15) is 46.5 Å². The van der Waals surface area contributed by atoms with Gasteiger partial charge >= 0.3 is 0 Å². The van der Waals surface area contributed by atoms with Gasteiger partial charge in [-0.25, -0.2) is 0 Å². The fraction of sp³-hybridized carbons (Fsp3) is 0.846. The summed E-state index contributed by atoms with van der Waals surface area (Å²) in [5.41, 5.74) is 1.64. The fourth-order valence-electron chi connectivity index (χ4n) is 3.55. The van der Waals surface area contributed by atoms with E-state index >= 15 is 0 Å². The molecule has 0 N–H and O–H groups in total. The van der Waals surface area contributed by atoms with Gasteiger partial charge in [-0.05, 0) is 43.4 Å². The molecule has 0 heterocycles. The van der Waals surface area contributed by atoms with Gasteiger partial charge in [0.1, 0.15) is 0 Å². The van der Waals surface area contributed by atoms with Crippen LogP contribution in [0.25, 0.3) is 0 Å². The highest BCUT2D eigenvalue weighted by Gasteiger charge is 2.36. The van der Waals surface area contributed by atoms with Crippen LogP contribution in [-0.4, -0.2) is 0 Å². The predicted octanol–water partition coefficient (Wildman–Crippen LogP) is 4.02. The number of hydrogen-bond acceptors (Lipinski definition) is 0. The normalized spacial score (nSPS) is 45.3. The van der Waals surface area contributed by atoms with Gasteiger partial charge in [0.15, 0.2) is 0 Å². The van der Waals surface area contributed by atoms with Crippen molar-refractivity contribution in [2.45, 2.75) is 46.5 Å². The highest BCUT2D eigenvalue weighted by atomic mass is 14.4. The first-order valence-electron chi connectivity index (χ1n) is 5.86. The lowest BCUT2D eigenvalue weighted by Gasteiger charge is -2.25. The third kappa shape index (κ3) is 1.68. The summed E-state index contributed by atoms with van der Waals surface area (Å²) in [6, 6.07) is 0. The summed E-state index contributed by atoms with van der Waals surface area (Å²) in [7, 11) is 0. The molecule has 0 aromatic rings. The van der Waals surface area contributed by atoms with Crippen molar-refractivity contribution in [3.05, 3.63) is 11.6 Å². The first kappa shape index (κ1) is 9.30. The second-order valence-electron chi connectivity index (χ2n) is 5.32. The van der Waals surface area contributed by atoms with E-state index in [2.05, 4.69) is 26.8 Å². The Hall–Kier alpha value is -0.260. The number of rotatable bonds is 1. The highest BCUT2D eigenvalue weighted by molar-refractivity contribution is 5.10. The smallest absolute Gasteiger partial charge is 0.0194 e. The van der Waals surface area contributed by atoms with Gasteiger partial charge in [-0.15, -0.1) is 0 Å². The standard InChI is InChI=1S/C13H22/c1-9-4-7-12(8-9)13-10(2)5-6-11(13)3/h8,10-13H,4-7H2,1-3H3. The Morgan fingerprint density at radius 1 is 1.08 bits per heavy atom. The molecule has 0 heteroatoms. The minimum Gasteiger partial charge on any atom is -0.0822 e. The van der Waals surface area contributed by atoms with Crippen molar-refractivity contribution >= 4 is 0 Å². The molecular weight excluding hydrogens is 156 g/mol. The molecule has 0 bridgehead atoms. The zero-order valence-electron chi connectivity index (χ0n) is 9.22. The lowest BCUT2D eigenvalue weighted by Crippen LogP contribution is -2.19. The predicted molar refractivity (Wildman–Crippen MR) is 57.5 cm³/mol. The Labute approximate surface area is 82.4 Å². The molecule has 13 heavy (non-hydrogen) atoms. The minimum absolute atomic E-state index is 0.924. The number of hydrogen-bond donors (Lipinski definition) is 0. The van der Waals surface area contributed by atoms with Crippen molar-refractivity contribution < 1.29 is 0 Å². The molecule has 0 aromatic heterocycles. The van der Waals surface area contributed by atoms with Crippen molar-refractivity contribution in [1.82, 2.24) is 0 Å². The second-order valence-corrected chi connectivity index (χ2v) is 5.32. The maximum Gasteiger partial charge on any atom is -0.0194 e. The topological polar surface area (TPSA) is 0 Å². The summed E-state index contributed by atoms with van der Waals surface area (Å²) < 4.78 is 0. The van der Waals surface area contributed by atoms with E-state index in [-0.39, 0.29) is 0 Å². The summed E-state index contributed by atoms with van der Waals surface area (Å²) in [5, 5.41) is 0. The SMILES string of the molecule is CC1=CC(C2C(C)CCC2C)CC1. The summed E-state index contributed by atoms with van der Waals surface area (Å²) in [6.07, 6.45) is 8.29. The molecule has 2 aliphatic carbocycles. The molecule has 0 aromatic carbocycles. The maximum absolute atomic E-state index is 2.56. The summed E-state index contributed by atoms with van der Waals surface area (Å²) in [4.78, 5) is 0. The minimum atomic E-state index is 0.924. The van der Waals surface area contributed by atoms with E-state index in [9.17, 15) is 0 Å². The van der Waals surface area contributed by atoms with Gasteiger partial charge in [-0.2, -0.15) is 0 Å². The van der Waals surface area contributed by atoms with Gasteiger partial charge in [-0.3, -0.25) is 0 Å². The zero-order valence-corrected chi connectivity index (χ0v) is 9.22. The van der Waals surface area contributed by atoms with Crippen LogP contribution in [0.15, 0.2) is 11.6 Å². The molecule has 2 rings (SSSR count). The van der Waals surface area contributed by atoms with Gasteiger partial charge in [0.05, 0.1) is 0 Å². The fourth-order valence-corrected chi connectivity index (χ4v) is 3.55. The van der Waals surface area contributed by atoms with E-state index in [4.69, 9.17) is 0 Å². The van der Waals surface area contributed by atoms with Crippen LogP contribution in [-0.2, 0) is 0 Å². The van der Waals surface area contributed by atoms with E-state index in [1.807, 2.05) is 0 Å². The molecule has 0 spiro atoms. The molecule has 74 valence electrons. The summed E-state index contributed by atoms with van der Waals surface area (Å²) >= 11 is 0. The van der Waals surface area contributed by atoms with Crippen LogP contribution in [0.4, 0.5) is 0 Å². The first-order valence-corrected chi connectivity index (χ1v) is 5.86. The van der Waals surface area contributed by atoms with E-state index in [1.54, 1.807) is 5.57 Å². The Kier molecular flexibility index (Phi) is 2.49. The largest absolute Gasteiger partial charge is 0.0822 e. The Morgan fingerprint density at radius 3 is 2.15 bits per heavy atom. The third-order valence-electron chi connectivity index (χ3n) is 4.26. The average Bonchev–Trinajstić information content (AvgIpc) is 2.60. The summed E-state index contributed by atoms with van der Waals surface area (Å²) in [5.74, 6) is 3.87. The monoisotopic (exact) mass is 178 g/mol. The van der Waals surface area contributed by atoms with Gasteiger partial charge in [-0.1, -0.05) is 38.3 Å². The van der Waals surface area contributed by atoms with Gasteiger partial charge < -0.3 is 0 Å². The van der Waals surface area contributed by atoms with Crippen LogP contribution in [0, 0.1) is 23.7 Å². The van der Waals surface area contributed by atoms with Crippen molar-refractivity contribution in [3.8, 4) is 0 Å². The van der Waals surface area contributed by atoms with Crippen LogP contribution in [0.2, 0.25) is 0 Å². The first-order chi connectivity index (χ1) is 6.18. The van der Waals surface area contributed by atoms with Gasteiger partial charge in [0, 0.05) is 0 Å². The average molecular weight is 178 g/mol. The third-order valence-corrected chi connectivity index (χ3v) is 4.26. The number of allylic oxidation sites excluding steroid dienone is 2. The van der Waals surface area contributed by atoms with Crippen molar-refractivity contribution in [2.75, 3.05) is 0 Å². The van der Waals surface area contributed by atoms with Gasteiger partial charge in [0.25, 0.3) is 0 Å². The van der Waals surface area contributed by atoms with Crippen LogP contribution < -0.4 is 0 Å². The van der Waals surface area contributed by atoms with E-state index in [0.29, 0.717) is 0 Å². The van der Waals surface area contributed by atoms with Crippen LogP contribution >= 0.6 is 0 Å². The molecule has 0 saturated heterocycles. The molecule has 0 amide bonds. The molecule has 0 aliphatic heterocycles. The Bertz CT molecular complexity index is 204. The van der Waals surface area contributed by atoms with E-state index in [0.717, 1.165) is 23.7 Å². The molecule has 3 atom stereocenters. The van der Waals surface area contributed by atoms with Crippen molar-refractivity contribution in [3.63, 3.8) is 0 Å².